The fraction of sp³-hybridized carbons (Fsp3) is 0.400. The molecule has 0 radical (unpaired) electrons. The number of carbonyl (C=O) groups is 3. The molecule has 0 bridgehead atoms. The van der Waals surface area contributed by atoms with Gasteiger partial charge in [0.15, 0.2) is 0 Å². The average Bonchev–Trinajstić information content (AvgIpc) is 2.97. The Bertz CT molecular complexity index is 998. The number of nitrogens with two attached hydrogens (primary N) is 1. The van der Waals surface area contributed by atoms with Crippen molar-refractivity contribution in [2.45, 2.75) is 31.7 Å². The molecule has 2 aromatic carbocycles. The van der Waals surface area contributed by atoms with E-state index in [1.54, 1.807) is 9.80 Å². The number of anilines is 1. The van der Waals surface area contributed by atoms with Gasteiger partial charge in [-0.15, -0.1) is 0 Å². The van der Waals surface area contributed by atoms with Crippen molar-refractivity contribution in [2.24, 2.45) is 17.6 Å². The molecule has 0 aromatic heterocycles. The predicted octanol–water partition coefficient (Wildman–Crippen LogP) is 3.01. The molecule has 3 atom stereocenters. The summed E-state index contributed by atoms with van der Waals surface area (Å²) in [5, 5.41) is 2.81. The van der Waals surface area contributed by atoms with Gasteiger partial charge in [-0.05, 0) is 54.5 Å². The zero-order valence-electron chi connectivity index (χ0n) is 18.5. The van der Waals surface area contributed by atoms with Crippen LogP contribution in [0.25, 0.3) is 0 Å². The first-order valence-electron chi connectivity index (χ1n) is 11.3. The highest BCUT2D eigenvalue weighted by atomic mass is 19.1. The highest BCUT2D eigenvalue weighted by Gasteiger charge is 2.39. The smallest absolute Gasteiger partial charge is 0.321 e. The van der Waals surface area contributed by atoms with Gasteiger partial charge in [0.05, 0.1) is 0 Å². The first kappa shape index (κ1) is 22.8. The van der Waals surface area contributed by atoms with Gasteiger partial charge in [-0.1, -0.05) is 30.3 Å². The van der Waals surface area contributed by atoms with Crippen molar-refractivity contribution in [2.75, 3.05) is 25.0 Å². The molecule has 2 saturated heterocycles. The summed E-state index contributed by atoms with van der Waals surface area (Å²) in [6, 6.07) is 14.3. The summed E-state index contributed by atoms with van der Waals surface area (Å²) in [6.07, 6.45) is 2.18. The Balaban J connectivity index is 1.40. The number of amides is 4. The molecular formula is C25H29FN4O3. The van der Waals surface area contributed by atoms with E-state index < -0.39 is 11.9 Å². The van der Waals surface area contributed by atoms with Crippen LogP contribution in [0.2, 0.25) is 0 Å². The number of fused-ring (bicyclic) bond motifs is 1. The van der Waals surface area contributed by atoms with E-state index in [1.165, 1.54) is 24.3 Å². The third-order valence-corrected chi connectivity index (χ3v) is 6.75. The van der Waals surface area contributed by atoms with Crippen molar-refractivity contribution >= 4 is 23.5 Å². The molecule has 0 aliphatic carbocycles. The zero-order valence-corrected chi connectivity index (χ0v) is 18.5. The maximum Gasteiger partial charge on any atom is 0.321 e. The molecule has 2 heterocycles. The van der Waals surface area contributed by atoms with Crippen molar-refractivity contribution in [3.63, 3.8) is 0 Å². The molecule has 2 aliphatic rings. The first-order valence-corrected chi connectivity index (χ1v) is 11.3. The van der Waals surface area contributed by atoms with E-state index in [-0.39, 0.29) is 29.6 Å². The maximum atomic E-state index is 13.1. The van der Waals surface area contributed by atoms with Gasteiger partial charge in [0.1, 0.15) is 11.9 Å². The molecule has 0 spiro atoms. The first-order chi connectivity index (χ1) is 15.9. The van der Waals surface area contributed by atoms with Crippen LogP contribution in [-0.4, -0.2) is 53.3 Å². The fourth-order valence-electron chi connectivity index (χ4n) is 4.90. The van der Waals surface area contributed by atoms with Crippen molar-refractivity contribution in [3.05, 3.63) is 66.0 Å². The Hall–Kier alpha value is -3.42. The predicted molar refractivity (Wildman–Crippen MR) is 123 cm³/mol. The Kier molecular flexibility index (Phi) is 6.91. The molecule has 2 aliphatic heterocycles. The van der Waals surface area contributed by atoms with Crippen LogP contribution in [0, 0.1) is 17.7 Å². The summed E-state index contributed by atoms with van der Waals surface area (Å²) >= 11 is 0. The van der Waals surface area contributed by atoms with E-state index in [9.17, 15) is 18.8 Å². The van der Waals surface area contributed by atoms with Crippen LogP contribution >= 0.6 is 0 Å². The lowest BCUT2D eigenvalue weighted by Crippen LogP contribution is -2.49. The van der Waals surface area contributed by atoms with Crippen LogP contribution in [0.15, 0.2) is 54.6 Å². The van der Waals surface area contributed by atoms with Crippen LogP contribution in [-0.2, 0) is 16.0 Å². The molecule has 2 aromatic rings. The van der Waals surface area contributed by atoms with Crippen molar-refractivity contribution in [1.82, 2.24) is 9.80 Å². The molecular weight excluding hydrogens is 423 g/mol. The summed E-state index contributed by atoms with van der Waals surface area (Å²) < 4.78 is 13.1. The molecule has 0 unspecified atom stereocenters. The van der Waals surface area contributed by atoms with Crippen LogP contribution in [0.4, 0.5) is 14.9 Å². The minimum absolute atomic E-state index is 0.0496. The van der Waals surface area contributed by atoms with Gasteiger partial charge in [0.2, 0.25) is 11.8 Å². The second-order valence-corrected chi connectivity index (χ2v) is 8.88. The van der Waals surface area contributed by atoms with Gasteiger partial charge < -0.3 is 20.9 Å². The fourth-order valence-corrected chi connectivity index (χ4v) is 4.90. The van der Waals surface area contributed by atoms with Gasteiger partial charge in [-0.3, -0.25) is 9.59 Å². The Labute approximate surface area is 192 Å². The molecule has 33 heavy (non-hydrogen) atoms. The minimum atomic E-state index is -0.682. The lowest BCUT2D eigenvalue weighted by Gasteiger charge is -2.37. The number of primary amides is 1. The van der Waals surface area contributed by atoms with E-state index in [4.69, 9.17) is 5.73 Å². The Morgan fingerprint density at radius 1 is 1.03 bits per heavy atom. The molecule has 4 amide bonds. The van der Waals surface area contributed by atoms with E-state index in [0.717, 1.165) is 12.0 Å². The number of carbonyl (C=O) groups excluding carboxylic acids is 3. The number of hydrogen-bond donors (Lipinski definition) is 2. The van der Waals surface area contributed by atoms with E-state index in [2.05, 4.69) is 5.32 Å². The maximum absolute atomic E-state index is 13.1. The number of urea groups is 1. The molecule has 3 N–H and O–H groups in total. The zero-order chi connectivity index (χ0) is 23.4. The molecule has 2 fully saturated rings. The second kappa shape index (κ2) is 10.0. The largest absolute Gasteiger partial charge is 0.368 e. The van der Waals surface area contributed by atoms with Crippen molar-refractivity contribution < 1.29 is 18.8 Å². The van der Waals surface area contributed by atoms with Gasteiger partial charge in [0, 0.05) is 38.2 Å². The lowest BCUT2D eigenvalue weighted by atomic mass is 9.82. The SMILES string of the molecule is NC(=O)[C@H](Cc1ccccc1)N1CC[C@@H]2CN(C(=O)Nc3ccc(F)cc3)CC[C@H]2CC1=O. The molecule has 174 valence electrons. The Morgan fingerprint density at radius 2 is 1.73 bits per heavy atom. The van der Waals surface area contributed by atoms with E-state index >= 15 is 0 Å². The second-order valence-electron chi connectivity index (χ2n) is 8.88. The van der Waals surface area contributed by atoms with Crippen molar-refractivity contribution in [1.29, 1.82) is 0 Å². The monoisotopic (exact) mass is 452 g/mol. The van der Waals surface area contributed by atoms with Gasteiger partial charge >= 0.3 is 6.03 Å². The van der Waals surface area contributed by atoms with Crippen LogP contribution < -0.4 is 11.1 Å². The summed E-state index contributed by atoms with van der Waals surface area (Å²) in [5.41, 5.74) is 7.20. The molecule has 8 heteroatoms. The lowest BCUT2D eigenvalue weighted by molar-refractivity contribution is -0.139. The number of rotatable bonds is 5. The summed E-state index contributed by atoms with van der Waals surface area (Å²) in [6.45, 7) is 1.53. The van der Waals surface area contributed by atoms with Gasteiger partial charge in [0.25, 0.3) is 0 Å². The molecule has 0 saturated carbocycles. The summed E-state index contributed by atoms with van der Waals surface area (Å²) in [7, 11) is 0. The quantitative estimate of drug-likeness (QED) is 0.730. The number of benzene rings is 2. The number of nitrogens with zero attached hydrogens (tertiary/aromatic N) is 2. The Morgan fingerprint density at radius 3 is 2.42 bits per heavy atom. The van der Waals surface area contributed by atoms with E-state index in [0.29, 0.717) is 44.6 Å². The third-order valence-electron chi connectivity index (χ3n) is 6.75. The standard InChI is InChI=1S/C25H29FN4O3/c26-20-6-8-21(9-7-20)28-25(33)29-12-10-18-15-23(31)30(13-11-19(18)16-29)22(24(27)32)14-17-4-2-1-3-5-17/h1-9,18-19,22H,10-16H2,(H2,27,32)(H,28,33)/t18-,19+,22-/m0/s1. The average molecular weight is 453 g/mol. The van der Waals surface area contributed by atoms with Crippen LogP contribution in [0.5, 0.6) is 0 Å². The van der Waals surface area contributed by atoms with Gasteiger partial charge in [-0.2, -0.15) is 0 Å². The van der Waals surface area contributed by atoms with E-state index in [1.807, 2.05) is 30.3 Å². The molecule has 4 rings (SSSR count). The number of likely N-dealkylation sites (tertiary alicyclic amines) is 2. The topological polar surface area (TPSA) is 95.7 Å². The highest BCUT2D eigenvalue weighted by molar-refractivity contribution is 5.89. The number of hydrogen-bond acceptors (Lipinski definition) is 3. The number of piperidine rings is 1. The van der Waals surface area contributed by atoms with Crippen LogP contribution in [0.3, 0.4) is 0 Å². The molecule has 7 nitrogen and oxygen atoms in total. The number of halogens is 1. The number of nitrogens with one attached hydrogen (secondary N) is 1. The minimum Gasteiger partial charge on any atom is -0.368 e. The third kappa shape index (κ3) is 5.50. The van der Waals surface area contributed by atoms with Crippen LogP contribution in [0.1, 0.15) is 24.8 Å². The summed E-state index contributed by atoms with van der Waals surface area (Å²) in [5.74, 6) is -0.577. The highest BCUT2D eigenvalue weighted by Crippen LogP contribution is 2.33. The summed E-state index contributed by atoms with van der Waals surface area (Å²) in [4.78, 5) is 41.4. The van der Waals surface area contributed by atoms with Crippen molar-refractivity contribution in [3.8, 4) is 0 Å². The normalized spacial score (nSPS) is 21.7. The van der Waals surface area contributed by atoms with Gasteiger partial charge in [-0.25, -0.2) is 9.18 Å².